The summed E-state index contributed by atoms with van der Waals surface area (Å²) in [6.07, 6.45) is 5.36. The SMILES string of the molecule is CN1CCC(Cn2cncc2C2CNCCO2)C1. The predicted octanol–water partition coefficient (Wildman–Crippen LogP) is 0.496. The fourth-order valence-electron chi connectivity index (χ4n) is 2.96. The first kappa shape index (κ1) is 12.1. The van der Waals surface area contributed by atoms with Crippen molar-refractivity contribution in [1.82, 2.24) is 19.8 Å². The molecule has 100 valence electrons. The van der Waals surface area contributed by atoms with E-state index in [-0.39, 0.29) is 6.10 Å². The highest BCUT2D eigenvalue weighted by Crippen LogP contribution is 2.22. The van der Waals surface area contributed by atoms with Crippen molar-refractivity contribution in [2.45, 2.75) is 19.1 Å². The number of nitrogens with one attached hydrogen (secondary N) is 1. The minimum absolute atomic E-state index is 0.167. The Labute approximate surface area is 108 Å². The second-order valence-electron chi connectivity index (χ2n) is 5.45. The largest absolute Gasteiger partial charge is 0.369 e. The second kappa shape index (κ2) is 5.38. The van der Waals surface area contributed by atoms with Crippen LogP contribution in [-0.4, -0.2) is 54.3 Å². The first-order valence-corrected chi connectivity index (χ1v) is 6.84. The van der Waals surface area contributed by atoms with Crippen LogP contribution in [-0.2, 0) is 11.3 Å². The smallest absolute Gasteiger partial charge is 0.111 e. The Morgan fingerprint density at radius 1 is 1.56 bits per heavy atom. The molecule has 2 saturated heterocycles. The van der Waals surface area contributed by atoms with Crippen molar-refractivity contribution in [3.8, 4) is 0 Å². The molecule has 0 spiro atoms. The molecular weight excluding hydrogens is 228 g/mol. The fraction of sp³-hybridized carbons (Fsp3) is 0.769. The highest BCUT2D eigenvalue weighted by atomic mass is 16.5. The van der Waals surface area contributed by atoms with E-state index in [2.05, 4.69) is 26.8 Å². The highest BCUT2D eigenvalue weighted by molar-refractivity contribution is 5.05. The van der Waals surface area contributed by atoms with Gasteiger partial charge in [-0.15, -0.1) is 0 Å². The van der Waals surface area contributed by atoms with Crippen molar-refractivity contribution in [2.75, 3.05) is 39.8 Å². The number of morpholine rings is 1. The molecule has 5 nitrogen and oxygen atoms in total. The number of hydrogen-bond acceptors (Lipinski definition) is 4. The molecule has 2 fully saturated rings. The van der Waals surface area contributed by atoms with E-state index < -0.39 is 0 Å². The summed E-state index contributed by atoms with van der Waals surface area (Å²) in [5.41, 5.74) is 1.22. The van der Waals surface area contributed by atoms with Crippen LogP contribution in [0.15, 0.2) is 12.5 Å². The molecular formula is C13H22N4O. The molecule has 0 bridgehead atoms. The van der Waals surface area contributed by atoms with E-state index in [9.17, 15) is 0 Å². The van der Waals surface area contributed by atoms with Crippen molar-refractivity contribution in [3.63, 3.8) is 0 Å². The van der Waals surface area contributed by atoms with Gasteiger partial charge in [-0.25, -0.2) is 4.98 Å². The normalized spacial score (nSPS) is 29.8. The van der Waals surface area contributed by atoms with Gasteiger partial charge in [0.1, 0.15) is 6.10 Å². The van der Waals surface area contributed by atoms with Crippen LogP contribution in [0.4, 0.5) is 0 Å². The minimum Gasteiger partial charge on any atom is -0.369 e. The molecule has 0 aromatic carbocycles. The van der Waals surface area contributed by atoms with Gasteiger partial charge in [-0.1, -0.05) is 0 Å². The molecule has 2 unspecified atom stereocenters. The second-order valence-corrected chi connectivity index (χ2v) is 5.45. The summed E-state index contributed by atoms with van der Waals surface area (Å²) in [5, 5.41) is 3.38. The summed E-state index contributed by atoms with van der Waals surface area (Å²) in [6, 6.07) is 0. The molecule has 3 rings (SSSR count). The van der Waals surface area contributed by atoms with E-state index in [4.69, 9.17) is 4.74 Å². The summed E-state index contributed by atoms with van der Waals surface area (Å²) >= 11 is 0. The van der Waals surface area contributed by atoms with Crippen LogP contribution >= 0.6 is 0 Å². The molecule has 2 aliphatic rings. The monoisotopic (exact) mass is 250 g/mol. The van der Waals surface area contributed by atoms with Gasteiger partial charge in [0.25, 0.3) is 0 Å². The Hall–Kier alpha value is -0.910. The number of ether oxygens (including phenoxy) is 1. The molecule has 0 radical (unpaired) electrons. The van der Waals surface area contributed by atoms with Gasteiger partial charge in [-0.3, -0.25) is 0 Å². The van der Waals surface area contributed by atoms with Gasteiger partial charge in [0.2, 0.25) is 0 Å². The lowest BCUT2D eigenvalue weighted by atomic mass is 10.1. The summed E-state index contributed by atoms with van der Waals surface area (Å²) < 4.78 is 8.09. The van der Waals surface area contributed by atoms with Gasteiger partial charge in [0.05, 0.1) is 24.8 Å². The van der Waals surface area contributed by atoms with Gasteiger partial charge in [-0.2, -0.15) is 0 Å². The third-order valence-electron chi connectivity index (χ3n) is 3.95. The number of hydrogen-bond donors (Lipinski definition) is 1. The van der Waals surface area contributed by atoms with Crippen molar-refractivity contribution in [1.29, 1.82) is 0 Å². The molecule has 3 heterocycles. The zero-order valence-corrected chi connectivity index (χ0v) is 11.0. The van der Waals surface area contributed by atoms with E-state index in [1.54, 1.807) is 0 Å². The van der Waals surface area contributed by atoms with E-state index in [1.807, 2.05) is 12.5 Å². The Balaban J connectivity index is 1.67. The standard InChI is InChI=1S/C13H22N4O/c1-16-4-2-11(8-16)9-17-10-15-6-12(17)13-7-14-3-5-18-13/h6,10-11,13-14H,2-5,7-9H2,1H3. The third-order valence-corrected chi connectivity index (χ3v) is 3.95. The maximum atomic E-state index is 5.81. The molecule has 0 saturated carbocycles. The fourth-order valence-corrected chi connectivity index (χ4v) is 2.96. The molecule has 18 heavy (non-hydrogen) atoms. The van der Waals surface area contributed by atoms with Crippen molar-refractivity contribution >= 4 is 0 Å². The van der Waals surface area contributed by atoms with E-state index in [1.165, 1.54) is 25.2 Å². The van der Waals surface area contributed by atoms with E-state index >= 15 is 0 Å². The number of imidazole rings is 1. The zero-order chi connectivity index (χ0) is 12.4. The van der Waals surface area contributed by atoms with E-state index in [0.29, 0.717) is 0 Å². The Kier molecular flexibility index (Phi) is 3.63. The lowest BCUT2D eigenvalue weighted by Crippen LogP contribution is -2.34. The van der Waals surface area contributed by atoms with Gasteiger partial charge in [-0.05, 0) is 25.9 Å². The number of nitrogens with zero attached hydrogens (tertiary/aromatic N) is 3. The van der Waals surface area contributed by atoms with Crippen molar-refractivity contribution in [3.05, 3.63) is 18.2 Å². The first-order chi connectivity index (χ1) is 8.83. The summed E-state index contributed by atoms with van der Waals surface area (Å²) in [5.74, 6) is 0.750. The Morgan fingerprint density at radius 3 is 3.22 bits per heavy atom. The van der Waals surface area contributed by atoms with Crippen LogP contribution in [0, 0.1) is 5.92 Å². The average molecular weight is 250 g/mol. The number of rotatable bonds is 3. The third kappa shape index (κ3) is 2.58. The van der Waals surface area contributed by atoms with Gasteiger partial charge in [0.15, 0.2) is 0 Å². The Morgan fingerprint density at radius 2 is 2.50 bits per heavy atom. The summed E-state index contributed by atoms with van der Waals surface area (Å²) in [6.45, 7) is 6.13. The number of likely N-dealkylation sites (tertiary alicyclic amines) is 1. The lowest BCUT2D eigenvalue weighted by Gasteiger charge is -2.25. The number of aromatic nitrogens is 2. The molecule has 2 atom stereocenters. The molecule has 1 N–H and O–H groups in total. The lowest BCUT2D eigenvalue weighted by molar-refractivity contribution is 0.0224. The van der Waals surface area contributed by atoms with Gasteiger partial charge < -0.3 is 19.5 Å². The molecule has 2 aliphatic heterocycles. The topological polar surface area (TPSA) is 42.3 Å². The molecule has 1 aromatic rings. The molecule has 5 heteroatoms. The van der Waals surface area contributed by atoms with Gasteiger partial charge >= 0.3 is 0 Å². The molecule has 0 aliphatic carbocycles. The highest BCUT2D eigenvalue weighted by Gasteiger charge is 2.23. The van der Waals surface area contributed by atoms with Crippen LogP contribution in [0.2, 0.25) is 0 Å². The van der Waals surface area contributed by atoms with Crippen LogP contribution in [0.1, 0.15) is 18.2 Å². The summed E-state index contributed by atoms with van der Waals surface area (Å²) in [7, 11) is 2.20. The van der Waals surface area contributed by atoms with E-state index in [0.717, 1.165) is 32.2 Å². The first-order valence-electron chi connectivity index (χ1n) is 6.84. The maximum absolute atomic E-state index is 5.81. The minimum atomic E-state index is 0.167. The van der Waals surface area contributed by atoms with Crippen molar-refractivity contribution < 1.29 is 4.74 Å². The molecule has 1 aromatic heterocycles. The van der Waals surface area contributed by atoms with Crippen LogP contribution in [0.3, 0.4) is 0 Å². The maximum Gasteiger partial charge on any atom is 0.111 e. The van der Waals surface area contributed by atoms with Crippen LogP contribution < -0.4 is 5.32 Å². The van der Waals surface area contributed by atoms with Gasteiger partial charge in [0, 0.05) is 26.2 Å². The Bertz CT molecular complexity index is 386. The van der Waals surface area contributed by atoms with Crippen LogP contribution in [0.25, 0.3) is 0 Å². The predicted molar refractivity (Wildman–Crippen MR) is 69.4 cm³/mol. The van der Waals surface area contributed by atoms with Crippen molar-refractivity contribution in [2.24, 2.45) is 5.92 Å². The molecule has 0 amide bonds. The average Bonchev–Trinajstić information content (AvgIpc) is 3.00. The van der Waals surface area contributed by atoms with Crippen LogP contribution in [0.5, 0.6) is 0 Å². The zero-order valence-electron chi connectivity index (χ0n) is 11.0. The quantitative estimate of drug-likeness (QED) is 0.848. The summed E-state index contributed by atoms with van der Waals surface area (Å²) in [4.78, 5) is 6.70.